The number of pyridine rings is 1. The Bertz CT molecular complexity index is 1320. The number of nitrogens with one attached hydrogen (secondary N) is 1. The van der Waals surface area contributed by atoms with E-state index in [0.717, 1.165) is 4.47 Å². The van der Waals surface area contributed by atoms with E-state index in [2.05, 4.69) is 36.0 Å². The van der Waals surface area contributed by atoms with Gasteiger partial charge in [-0.1, -0.05) is 27.2 Å². The number of aromatic nitrogens is 5. The van der Waals surface area contributed by atoms with Crippen LogP contribution in [0.3, 0.4) is 0 Å². The van der Waals surface area contributed by atoms with Gasteiger partial charge < -0.3 is 13.8 Å². The normalized spacial score (nSPS) is 10.9. The van der Waals surface area contributed by atoms with E-state index in [1.807, 2.05) is 12.1 Å². The molecule has 0 saturated heterocycles. The van der Waals surface area contributed by atoms with Crippen LogP contribution in [0.4, 0.5) is 0 Å². The molecular formula is C19H14BrN5O4. The molecule has 29 heavy (non-hydrogen) atoms. The molecule has 0 atom stereocenters. The maximum absolute atomic E-state index is 12.3. The minimum absolute atomic E-state index is 0.0617. The van der Waals surface area contributed by atoms with Gasteiger partial charge in [-0.25, -0.2) is 9.78 Å². The number of nitrogens with zero attached hydrogens (tertiary/aromatic N) is 4. The van der Waals surface area contributed by atoms with Crippen LogP contribution in [0.15, 0.2) is 61.2 Å². The molecule has 4 aromatic rings. The lowest BCUT2D eigenvalue weighted by atomic mass is 10.2. The number of H-pyrrole nitrogens is 1. The fraction of sp³-hybridized carbons (Fsp3) is 0.105. The van der Waals surface area contributed by atoms with Gasteiger partial charge in [0, 0.05) is 23.4 Å². The highest BCUT2D eigenvalue weighted by Crippen LogP contribution is 2.32. The Balaban J connectivity index is 1.76. The van der Waals surface area contributed by atoms with Gasteiger partial charge in [0.05, 0.1) is 0 Å². The molecule has 0 aliphatic heterocycles. The first kappa shape index (κ1) is 18.8. The molecule has 1 N–H and O–H groups in total. The third kappa shape index (κ3) is 3.61. The smallest absolute Gasteiger partial charge is 0.328 e. The van der Waals surface area contributed by atoms with Crippen molar-refractivity contribution >= 4 is 15.9 Å². The Morgan fingerprint density at radius 2 is 2.03 bits per heavy atom. The molecule has 0 amide bonds. The number of benzene rings is 1. The van der Waals surface area contributed by atoms with Crippen LogP contribution in [0.1, 0.15) is 5.69 Å². The predicted octanol–water partition coefficient (Wildman–Crippen LogP) is 3.05. The summed E-state index contributed by atoms with van der Waals surface area (Å²) in [5, 5.41) is 3.91. The summed E-state index contributed by atoms with van der Waals surface area (Å²) in [6.45, 7) is 1.63. The van der Waals surface area contributed by atoms with E-state index in [4.69, 9.17) is 9.26 Å². The third-order valence-corrected chi connectivity index (χ3v) is 4.77. The summed E-state index contributed by atoms with van der Waals surface area (Å²) in [5.74, 6) is 1.04. The van der Waals surface area contributed by atoms with Gasteiger partial charge in [-0.05, 0) is 37.3 Å². The van der Waals surface area contributed by atoms with E-state index in [1.165, 1.54) is 4.57 Å². The van der Waals surface area contributed by atoms with Crippen molar-refractivity contribution in [3.05, 3.63) is 73.6 Å². The zero-order chi connectivity index (χ0) is 20.5. The largest absolute Gasteiger partial charge is 0.438 e. The maximum Gasteiger partial charge on any atom is 0.328 e. The minimum atomic E-state index is -0.588. The lowest BCUT2D eigenvalue weighted by molar-refractivity contribution is 0.423. The maximum atomic E-state index is 12.3. The first-order valence-electron chi connectivity index (χ1n) is 8.47. The fourth-order valence-corrected chi connectivity index (χ4v) is 3.08. The van der Waals surface area contributed by atoms with E-state index < -0.39 is 11.2 Å². The molecule has 146 valence electrons. The standard InChI is InChI=1S/C19H14BrN5O4/c1-10-14(16(26)23-19(27)25(10)2)15-22-18(29-24-15)13-7-4-8-21-17(13)28-12-6-3-5-11(20)9-12/h3-9H,1-2H3,(H,23,26,27). The number of ether oxygens (including phenoxy) is 1. The minimum Gasteiger partial charge on any atom is -0.438 e. The van der Waals surface area contributed by atoms with E-state index in [1.54, 1.807) is 44.4 Å². The Labute approximate surface area is 172 Å². The Morgan fingerprint density at radius 1 is 1.21 bits per heavy atom. The summed E-state index contributed by atoms with van der Waals surface area (Å²) in [6, 6.07) is 10.7. The van der Waals surface area contributed by atoms with Gasteiger partial charge in [-0.2, -0.15) is 4.98 Å². The van der Waals surface area contributed by atoms with Gasteiger partial charge in [-0.3, -0.25) is 9.78 Å². The van der Waals surface area contributed by atoms with Crippen LogP contribution in [0, 0.1) is 6.92 Å². The first-order chi connectivity index (χ1) is 13.9. The molecule has 3 aromatic heterocycles. The molecule has 0 spiro atoms. The average molecular weight is 456 g/mol. The summed E-state index contributed by atoms with van der Waals surface area (Å²) in [6.07, 6.45) is 1.58. The summed E-state index contributed by atoms with van der Waals surface area (Å²) in [4.78, 5) is 34.8. The van der Waals surface area contributed by atoms with Crippen molar-refractivity contribution in [3.63, 3.8) is 0 Å². The number of hydrogen-bond acceptors (Lipinski definition) is 7. The van der Waals surface area contributed by atoms with Gasteiger partial charge >= 0.3 is 5.69 Å². The molecule has 0 aliphatic carbocycles. The Hall–Kier alpha value is -3.53. The molecule has 0 unspecified atom stereocenters. The van der Waals surface area contributed by atoms with Crippen molar-refractivity contribution < 1.29 is 9.26 Å². The summed E-state index contributed by atoms with van der Waals surface area (Å²) >= 11 is 3.39. The van der Waals surface area contributed by atoms with E-state index >= 15 is 0 Å². The van der Waals surface area contributed by atoms with Crippen LogP contribution in [0.5, 0.6) is 11.6 Å². The Kier molecular flexibility index (Phi) is 4.85. The number of rotatable bonds is 4. The molecule has 0 fully saturated rings. The highest BCUT2D eigenvalue weighted by atomic mass is 79.9. The molecule has 10 heteroatoms. The lowest BCUT2D eigenvalue weighted by Gasteiger charge is -2.07. The van der Waals surface area contributed by atoms with Crippen molar-refractivity contribution in [1.82, 2.24) is 24.7 Å². The van der Waals surface area contributed by atoms with Crippen molar-refractivity contribution in [2.24, 2.45) is 7.05 Å². The van der Waals surface area contributed by atoms with Crippen molar-refractivity contribution in [3.8, 4) is 34.5 Å². The summed E-state index contributed by atoms with van der Waals surface area (Å²) in [5.41, 5.74) is -0.0693. The fourth-order valence-electron chi connectivity index (χ4n) is 2.70. The van der Waals surface area contributed by atoms with Gasteiger partial charge in [0.2, 0.25) is 11.7 Å². The predicted molar refractivity (Wildman–Crippen MR) is 108 cm³/mol. The van der Waals surface area contributed by atoms with Crippen molar-refractivity contribution in [1.29, 1.82) is 0 Å². The number of hydrogen-bond donors (Lipinski definition) is 1. The number of halogens is 1. The SMILES string of the molecule is Cc1c(-c2noc(-c3cccnc3Oc3cccc(Br)c3)n2)c(=O)[nH]c(=O)n1C. The van der Waals surface area contributed by atoms with Crippen LogP contribution in [-0.2, 0) is 7.05 Å². The monoisotopic (exact) mass is 455 g/mol. The molecule has 1 aromatic carbocycles. The van der Waals surface area contributed by atoms with Crippen LogP contribution < -0.4 is 16.0 Å². The molecule has 3 heterocycles. The second-order valence-corrected chi connectivity index (χ2v) is 7.03. The van der Waals surface area contributed by atoms with E-state index in [9.17, 15) is 9.59 Å². The summed E-state index contributed by atoms with van der Waals surface area (Å²) in [7, 11) is 1.54. The van der Waals surface area contributed by atoms with E-state index in [0.29, 0.717) is 17.0 Å². The summed E-state index contributed by atoms with van der Waals surface area (Å²) < 4.78 is 13.4. The zero-order valence-electron chi connectivity index (χ0n) is 15.3. The van der Waals surface area contributed by atoms with Crippen molar-refractivity contribution in [2.75, 3.05) is 0 Å². The van der Waals surface area contributed by atoms with Crippen molar-refractivity contribution in [2.45, 2.75) is 6.92 Å². The molecule has 0 saturated carbocycles. The van der Waals surface area contributed by atoms with E-state index in [-0.39, 0.29) is 23.2 Å². The lowest BCUT2D eigenvalue weighted by Crippen LogP contribution is -2.31. The molecule has 4 rings (SSSR count). The highest BCUT2D eigenvalue weighted by Gasteiger charge is 2.20. The van der Waals surface area contributed by atoms with Gasteiger partial charge in [0.25, 0.3) is 11.4 Å². The topological polar surface area (TPSA) is 116 Å². The molecule has 0 bridgehead atoms. The second-order valence-electron chi connectivity index (χ2n) is 6.12. The molecule has 0 radical (unpaired) electrons. The van der Waals surface area contributed by atoms with Gasteiger partial charge in [0.15, 0.2) is 0 Å². The Morgan fingerprint density at radius 3 is 2.83 bits per heavy atom. The van der Waals surface area contributed by atoms with Crippen LogP contribution >= 0.6 is 15.9 Å². The zero-order valence-corrected chi connectivity index (χ0v) is 16.9. The molecular weight excluding hydrogens is 442 g/mol. The molecule has 0 aliphatic rings. The average Bonchev–Trinajstić information content (AvgIpc) is 3.16. The second kappa shape index (κ2) is 7.47. The van der Waals surface area contributed by atoms with Crippen LogP contribution in [0.2, 0.25) is 0 Å². The van der Waals surface area contributed by atoms with Gasteiger partial charge in [0.1, 0.15) is 16.9 Å². The van der Waals surface area contributed by atoms with Crippen LogP contribution in [-0.4, -0.2) is 24.7 Å². The molecule has 9 nitrogen and oxygen atoms in total. The number of aromatic amines is 1. The van der Waals surface area contributed by atoms with Crippen LogP contribution in [0.25, 0.3) is 22.8 Å². The first-order valence-corrected chi connectivity index (χ1v) is 9.26. The highest BCUT2D eigenvalue weighted by molar-refractivity contribution is 9.10. The quantitative estimate of drug-likeness (QED) is 0.502. The van der Waals surface area contributed by atoms with Gasteiger partial charge in [-0.15, -0.1) is 0 Å². The third-order valence-electron chi connectivity index (χ3n) is 4.28.